The number of hydrogen-bond donors (Lipinski definition) is 2. The van der Waals surface area contributed by atoms with E-state index in [1.54, 1.807) is 0 Å². The third-order valence-electron chi connectivity index (χ3n) is 2.99. The van der Waals surface area contributed by atoms with Gasteiger partial charge < -0.3 is 10.4 Å². The van der Waals surface area contributed by atoms with Crippen LogP contribution in [0.3, 0.4) is 0 Å². The lowest BCUT2D eigenvalue weighted by atomic mass is 9.80. The second-order valence-corrected chi connectivity index (χ2v) is 4.46. The lowest BCUT2D eigenvalue weighted by molar-refractivity contribution is -0.0314. The largest absolute Gasteiger partial charge is 0.389 e. The van der Waals surface area contributed by atoms with Gasteiger partial charge in [-0.05, 0) is 37.0 Å². The highest BCUT2D eigenvalue weighted by atomic mass is 19.1. The number of aliphatic hydroxyl groups is 1. The molecule has 0 aliphatic heterocycles. The van der Waals surface area contributed by atoms with E-state index in [1.165, 1.54) is 12.1 Å². The molecule has 0 heterocycles. The molecule has 2 N–H and O–H groups in total. The summed E-state index contributed by atoms with van der Waals surface area (Å²) < 4.78 is 25.7. The number of nitrogens with one attached hydrogen (secondary N) is 1. The summed E-state index contributed by atoms with van der Waals surface area (Å²) in [5.74, 6) is -1.14. The predicted octanol–water partition coefficient (Wildman–Crippen LogP) is 1.97. The Labute approximate surface area is 93.3 Å². The first-order valence-electron chi connectivity index (χ1n) is 5.45. The van der Waals surface area contributed by atoms with E-state index in [1.807, 2.05) is 0 Å². The van der Waals surface area contributed by atoms with Gasteiger partial charge in [0.05, 0.1) is 5.60 Å². The first kappa shape index (κ1) is 11.5. The smallest absolute Gasteiger partial charge is 0.126 e. The molecule has 1 aromatic carbocycles. The predicted molar refractivity (Wildman–Crippen MR) is 56.9 cm³/mol. The van der Waals surface area contributed by atoms with E-state index in [9.17, 15) is 13.9 Å². The van der Waals surface area contributed by atoms with Crippen LogP contribution in [-0.4, -0.2) is 17.3 Å². The maximum atomic E-state index is 12.8. The molecule has 1 aliphatic rings. The van der Waals surface area contributed by atoms with Crippen molar-refractivity contribution in [3.8, 4) is 0 Å². The zero-order valence-corrected chi connectivity index (χ0v) is 8.97. The Balaban J connectivity index is 1.84. The Morgan fingerprint density at radius 1 is 1.19 bits per heavy atom. The van der Waals surface area contributed by atoms with Gasteiger partial charge in [-0.25, -0.2) is 8.78 Å². The molecular formula is C12H15F2NO. The second kappa shape index (κ2) is 4.47. The molecule has 0 unspecified atom stereocenters. The molecule has 1 fully saturated rings. The molecule has 4 heteroatoms. The first-order chi connectivity index (χ1) is 7.57. The zero-order valence-electron chi connectivity index (χ0n) is 8.97. The van der Waals surface area contributed by atoms with Crippen LogP contribution in [0.5, 0.6) is 0 Å². The molecule has 1 aromatic rings. The van der Waals surface area contributed by atoms with Gasteiger partial charge in [0.15, 0.2) is 0 Å². The molecule has 0 spiro atoms. The van der Waals surface area contributed by atoms with Crippen LogP contribution >= 0.6 is 0 Å². The number of halogens is 2. The lowest BCUT2D eigenvalue weighted by Gasteiger charge is -2.36. The van der Waals surface area contributed by atoms with Crippen molar-refractivity contribution in [2.75, 3.05) is 6.54 Å². The second-order valence-electron chi connectivity index (χ2n) is 4.46. The van der Waals surface area contributed by atoms with Crippen molar-refractivity contribution in [2.45, 2.75) is 31.4 Å². The topological polar surface area (TPSA) is 32.3 Å². The number of benzene rings is 1. The fourth-order valence-electron chi connectivity index (χ4n) is 1.91. The first-order valence-corrected chi connectivity index (χ1v) is 5.45. The van der Waals surface area contributed by atoms with Crippen LogP contribution in [0, 0.1) is 11.6 Å². The molecule has 0 saturated heterocycles. The molecule has 88 valence electrons. The van der Waals surface area contributed by atoms with Gasteiger partial charge in [0.1, 0.15) is 11.6 Å². The van der Waals surface area contributed by atoms with Crippen molar-refractivity contribution in [1.82, 2.24) is 5.32 Å². The molecule has 0 radical (unpaired) electrons. The Morgan fingerprint density at radius 3 is 2.31 bits per heavy atom. The van der Waals surface area contributed by atoms with Gasteiger partial charge in [0.25, 0.3) is 0 Å². The maximum Gasteiger partial charge on any atom is 0.126 e. The zero-order chi connectivity index (χ0) is 11.6. The Hall–Kier alpha value is -1.00. The van der Waals surface area contributed by atoms with E-state index >= 15 is 0 Å². The molecule has 2 rings (SSSR count). The fourth-order valence-corrected chi connectivity index (χ4v) is 1.91. The molecule has 2 nitrogen and oxygen atoms in total. The van der Waals surface area contributed by atoms with Gasteiger partial charge >= 0.3 is 0 Å². The monoisotopic (exact) mass is 227 g/mol. The number of hydrogen-bond acceptors (Lipinski definition) is 2. The third kappa shape index (κ3) is 2.77. The fraction of sp³-hybridized carbons (Fsp3) is 0.500. The molecule has 0 bridgehead atoms. The van der Waals surface area contributed by atoms with E-state index in [-0.39, 0.29) is 0 Å². The minimum atomic E-state index is -0.605. The van der Waals surface area contributed by atoms with Gasteiger partial charge in [-0.2, -0.15) is 0 Å². The molecule has 1 aliphatic carbocycles. The SMILES string of the molecule is OC1(CNCc2cc(F)cc(F)c2)CCC1. The van der Waals surface area contributed by atoms with Crippen LogP contribution in [0.15, 0.2) is 18.2 Å². The van der Waals surface area contributed by atoms with Gasteiger partial charge in [-0.1, -0.05) is 0 Å². The van der Waals surface area contributed by atoms with Crippen LogP contribution in [0.2, 0.25) is 0 Å². The van der Waals surface area contributed by atoms with E-state index in [4.69, 9.17) is 0 Å². The number of rotatable bonds is 4. The van der Waals surface area contributed by atoms with Crippen molar-refractivity contribution in [3.05, 3.63) is 35.4 Å². The van der Waals surface area contributed by atoms with Crippen molar-refractivity contribution in [3.63, 3.8) is 0 Å². The van der Waals surface area contributed by atoms with E-state index < -0.39 is 17.2 Å². The van der Waals surface area contributed by atoms with Crippen molar-refractivity contribution in [2.24, 2.45) is 0 Å². The van der Waals surface area contributed by atoms with Gasteiger partial charge in [-0.15, -0.1) is 0 Å². The summed E-state index contributed by atoms with van der Waals surface area (Å²) in [6.07, 6.45) is 2.65. The quantitative estimate of drug-likeness (QED) is 0.824. The van der Waals surface area contributed by atoms with Crippen molar-refractivity contribution >= 4 is 0 Å². The van der Waals surface area contributed by atoms with Gasteiger partial charge in [-0.3, -0.25) is 0 Å². The highest BCUT2D eigenvalue weighted by Gasteiger charge is 2.33. The van der Waals surface area contributed by atoms with Crippen molar-refractivity contribution < 1.29 is 13.9 Å². The molecule has 0 amide bonds. The minimum absolute atomic E-state index is 0.372. The summed E-state index contributed by atoms with van der Waals surface area (Å²) in [7, 11) is 0. The minimum Gasteiger partial charge on any atom is -0.389 e. The van der Waals surface area contributed by atoms with Gasteiger partial charge in [0, 0.05) is 19.2 Å². The molecule has 0 aromatic heterocycles. The van der Waals surface area contributed by atoms with Crippen LogP contribution in [0.25, 0.3) is 0 Å². The van der Waals surface area contributed by atoms with E-state index in [2.05, 4.69) is 5.32 Å². The summed E-state index contributed by atoms with van der Waals surface area (Å²) in [5.41, 5.74) is -0.0493. The molecule has 1 saturated carbocycles. The highest BCUT2D eigenvalue weighted by Crippen LogP contribution is 2.30. The highest BCUT2D eigenvalue weighted by molar-refractivity contribution is 5.17. The van der Waals surface area contributed by atoms with E-state index in [0.717, 1.165) is 25.3 Å². The standard InChI is InChI=1S/C12H15F2NO/c13-10-4-9(5-11(14)6-10)7-15-8-12(16)2-1-3-12/h4-6,15-16H,1-3,7-8H2. The third-order valence-corrected chi connectivity index (χ3v) is 2.99. The van der Waals surface area contributed by atoms with Crippen molar-refractivity contribution in [1.29, 1.82) is 0 Å². The summed E-state index contributed by atoms with van der Waals surface area (Å²) >= 11 is 0. The maximum absolute atomic E-state index is 12.8. The van der Waals surface area contributed by atoms with Crippen LogP contribution in [-0.2, 0) is 6.54 Å². The Bertz CT molecular complexity index is 357. The molecular weight excluding hydrogens is 212 g/mol. The van der Waals surface area contributed by atoms with E-state index in [0.29, 0.717) is 18.7 Å². The van der Waals surface area contributed by atoms with Crippen LogP contribution in [0.4, 0.5) is 8.78 Å². The average Bonchev–Trinajstić information content (AvgIpc) is 2.13. The van der Waals surface area contributed by atoms with Gasteiger partial charge in [0.2, 0.25) is 0 Å². The normalized spacial score (nSPS) is 18.2. The van der Waals surface area contributed by atoms with Crippen LogP contribution in [0.1, 0.15) is 24.8 Å². The molecule has 16 heavy (non-hydrogen) atoms. The summed E-state index contributed by atoms with van der Waals surface area (Å²) in [6.45, 7) is 0.849. The van der Waals surface area contributed by atoms with Crippen LogP contribution < -0.4 is 5.32 Å². The molecule has 0 atom stereocenters. The summed E-state index contributed by atoms with van der Waals surface area (Å²) in [4.78, 5) is 0. The Kier molecular flexibility index (Phi) is 3.21. The lowest BCUT2D eigenvalue weighted by Crippen LogP contribution is -2.45. The summed E-state index contributed by atoms with van der Waals surface area (Å²) in [6, 6.07) is 3.44. The Morgan fingerprint density at radius 2 is 1.81 bits per heavy atom. The summed E-state index contributed by atoms with van der Waals surface area (Å²) in [5, 5.41) is 12.8. The average molecular weight is 227 g/mol.